The van der Waals surface area contributed by atoms with E-state index in [0.29, 0.717) is 30.6 Å². The fourth-order valence-corrected chi connectivity index (χ4v) is 9.07. The predicted molar refractivity (Wildman–Crippen MR) is 162 cm³/mol. The molecule has 3 heterocycles. The number of hydrogen-bond acceptors (Lipinski definition) is 8. The molecule has 1 aromatic carbocycles. The fraction of sp³-hybridized carbons (Fsp3) is 0.406. The molecule has 2 saturated carbocycles. The Hall–Kier alpha value is -4.07. The Bertz CT molecular complexity index is 1940. The lowest BCUT2D eigenvalue weighted by atomic mass is 9.60. The third-order valence-corrected chi connectivity index (χ3v) is 11.2. The summed E-state index contributed by atoms with van der Waals surface area (Å²) in [4.78, 5) is 23.2. The molecule has 0 amide bonds. The molecule has 13 heteroatoms. The minimum Gasteiger partial charge on any atom is -0.390 e. The maximum atomic E-state index is 14.7. The number of fused-ring (bicyclic) bond motifs is 2. The van der Waals surface area contributed by atoms with E-state index in [-0.39, 0.29) is 36.0 Å². The zero-order chi connectivity index (χ0) is 31.7. The second-order valence-electron chi connectivity index (χ2n) is 12.9. The van der Waals surface area contributed by atoms with Gasteiger partial charge in [-0.05, 0) is 106 Å². The van der Waals surface area contributed by atoms with Gasteiger partial charge < -0.3 is 5.11 Å². The summed E-state index contributed by atoms with van der Waals surface area (Å²) in [7, 11) is -2.55. The standard InChI is InChI=1S/C32H34FN7O4S/c1-20-10-11-34-27(12-20)29(41)32-14-21-18-36-39(24-8-5-23(33)6-9-24)28(21)13-22(32)4-7-25(17-32)40(26-15-31(2,42)16-26)45(43,44)30-35-19-38(3)37-30/h5-6,8-13,18-19,25-26,42H,4,7,14-17H2,1-3H3/t25-,26?,31?,32-/m0/s1. The van der Waals surface area contributed by atoms with Crippen LogP contribution in [0.15, 0.2) is 65.8 Å². The smallest absolute Gasteiger partial charge is 0.282 e. The van der Waals surface area contributed by atoms with Gasteiger partial charge in [-0.3, -0.25) is 14.5 Å². The van der Waals surface area contributed by atoms with Crippen LogP contribution < -0.4 is 0 Å². The topological polar surface area (TPSA) is 136 Å². The monoisotopic (exact) mass is 631 g/mol. The van der Waals surface area contributed by atoms with E-state index in [1.807, 2.05) is 19.1 Å². The number of aliphatic hydroxyl groups is 1. The highest BCUT2D eigenvalue weighted by Crippen LogP contribution is 2.52. The molecule has 0 radical (unpaired) electrons. The van der Waals surface area contributed by atoms with Gasteiger partial charge in [-0.2, -0.15) is 9.40 Å². The van der Waals surface area contributed by atoms with Crippen LogP contribution in [0.3, 0.4) is 0 Å². The molecule has 0 spiro atoms. The van der Waals surface area contributed by atoms with Crippen molar-refractivity contribution in [1.29, 1.82) is 0 Å². The first-order valence-electron chi connectivity index (χ1n) is 15.0. The number of pyridine rings is 1. The van der Waals surface area contributed by atoms with Crippen molar-refractivity contribution in [3.63, 3.8) is 0 Å². The van der Waals surface area contributed by atoms with E-state index in [1.54, 1.807) is 49.2 Å². The molecule has 3 aromatic heterocycles. The Labute approximate surface area is 260 Å². The Morgan fingerprint density at radius 2 is 1.87 bits per heavy atom. The average Bonchev–Trinajstić information content (AvgIpc) is 3.61. The lowest BCUT2D eigenvalue weighted by Crippen LogP contribution is -2.60. The normalized spacial score (nSPS) is 26.1. The molecule has 11 nitrogen and oxygen atoms in total. The number of carbonyl (C=O) groups excluding carboxylic acids is 1. The van der Waals surface area contributed by atoms with Crippen molar-refractivity contribution in [3.05, 3.63) is 89.0 Å². The van der Waals surface area contributed by atoms with Crippen LogP contribution in [0.5, 0.6) is 0 Å². The molecule has 234 valence electrons. The van der Waals surface area contributed by atoms with Crippen molar-refractivity contribution in [3.8, 4) is 5.69 Å². The van der Waals surface area contributed by atoms with E-state index in [0.717, 1.165) is 22.4 Å². The van der Waals surface area contributed by atoms with Crippen LogP contribution in [-0.4, -0.2) is 70.8 Å². The van der Waals surface area contributed by atoms with Crippen molar-refractivity contribution >= 4 is 21.9 Å². The predicted octanol–water partition coefficient (Wildman–Crippen LogP) is 3.81. The van der Waals surface area contributed by atoms with Crippen LogP contribution in [-0.2, 0) is 23.5 Å². The van der Waals surface area contributed by atoms with Crippen LogP contribution in [0.4, 0.5) is 4.39 Å². The highest BCUT2D eigenvalue weighted by atomic mass is 32.2. The van der Waals surface area contributed by atoms with Gasteiger partial charge in [-0.15, -0.1) is 5.10 Å². The summed E-state index contributed by atoms with van der Waals surface area (Å²) in [5, 5.41) is 19.1. The minimum atomic E-state index is -4.16. The molecule has 2 fully saturated rings. The molecule has 3 aliphatic rings. The number of sulfonamides is 1. The number of halogens is 1. The van der Waals surface area contributed by atoms with Gasteiger partial charge in [0.15, 0.2) is 5.78 Å². The summed E-state index contributed by atoms with van der Waals surface area (Å²) >= 11 is 0. The third-order valence-electron chi connectivity index (χ3n) is 9.45. The molecule has 0 unspecified atom stereocenters. The summed E-state index contributed by atoms with van der Waals surface area (Å²) in [5.41, 5.74) is 2.38. The molecular formula is C32H34FN7O4S. The molecule has 1 N–H and O–H groups in total. The van der Waals surface area contributed by atoms with Gasteiger partial charge in [0.25, 0.3) is 15.2 Å². The molecule has 0 bridgehead atoms. The molecule has 4 aromatic rings. The van der Waals surface area contributed by atoms with Crippen molar-refractivity contribution in [2.75, 3.05) is 0 Å². The van der Waals surface area contributed by atoms with Crippen molar-refractivity contribution in [2.45, 2.75) is 75.2 Å². The molecule has 7 rings (SSSR count). The molecule has 3 aliphatic carbocycles. The molecule has 45 heavy (non-hydrogen) atoms. The van der Waals surface area contributed by atoms with Gasteiger partial charge in [0.2, 0.25) is 0 Å². The first-order chi connectivity index (χ1) is 21.4. The third kappa shape index (κ3) is 5.02. The number of hydrogen-bond donors (Lipinski definition) is 1. The number of Topliss-reactive ketones (excluding diaryl/α,β-unsaturated/α-hetero) is 1. The summed E-state index contributed by atoms with van der Waals surface area (Å²) in [5.74, 6) is -0.517. The van der Waals surface area contributed by atoms with Crippen molar-refractivity contribution in [1.82, 2.24) is 33.8 Å². The maximum absolute atomic E-state index is 14.7. The van der Waals surface area contributed by atoms with E-state index in [2.05, 4.69) is 20.2 Å². The van der Waals surface area contributed by atoms with Gasteiger partial charge in [-0.1, -0.05) is 5.57 Å². The number of carbonyl (C=O) groups is 1. The Kier molecular flexibility index (Phi) is 6.91. The minimum absolute atomic E-state index is 0.170. The summed E-state index contributed by atoms with van der Waals surface area (Å²) < 4.78 is 46.6. The molecule has 0 saturated heterocycles. The summed E-state index contributed by atoms with van der Waals surface area (Å²) in [6, 6.07) is 8.65. The zero-order valence-corrected chi connectivity index (χ0v) is 26.1. The molecular weight excluding hydrogens is 597 g/mol. The van der Waals surface area contributed by atoms with Gasteiger partial charge >= 0.3 is 0 Å². The fourth-order valence-electron chi connectivity index (χ4n) is 7.35. The first kappa shape index (κ1) is 29.6. The Morgan fingerprint density at radius 3 is 2.53 bits per heavy atom. The van der Waals surface area contributed by atoms with Crippen LogP contribution in [0.25, 0.3) is 11.8 Å². The van der Waals surface area contributed by atoms with Crippen LogP contribution >= 0.6 is 0 Å². The zero-order valence-electron chi connectivity index (χ0n) is 25.3. The summed E-state index contributed by atoms with van der Waals surface area (Å²) in [6.45, 7) is 3.60. The Balaban J connectivity index is 1.33. The lowest BCUT2D eigenvalue weighted by molar-refractivity contribution is -0.0690. The highest BCUT2D eigenvalue weighted by Gasteiger charge is 2.55. The van der Waals surface area contributed by atoms with E-state index in [1.165, 1.54) is 27.4 Å². The largest absolute Gasteiger partial charge is 0.390 e. The van der Waals surface area contributed by atoms with Gasteiger partial charge in [-0.25, -0.2) is 22.5 Å². The van der Waals surface area contributed by atoms with Gasteiger partial charge in [0.1, 0.15) is 17.8 Å². The van der Waals surface area contributed by atoms with Crippen molar-refractivity contribution < 1.29 is 22.7 Å². The second kappa shape index (κ2) is 10.5. The average molecular weight is 632 g/mol. The first-order valence-corrected chi connectivity index (χ1v) is 16.4. The quantitative estimate of drug-likeness (QED) is 0.304. The van der Waals surface area contributed by atoms with Crippen LogP contribution in [0.2, 0.25) is 0 Å². The lowest BCUT2D eigenvalue weighted by Gasteiger charge is -2.52. The number of nitrogens with zero attached hydrogens (tertiary/aromatic N) is 7. The molecule has 2 atom stereocenters. The highest BCUT2D eigenvalue weighted by molar-refractivity contribution is 7.89. The number of ketones is 1. The number of aromatic nitrogens is 6. The number of rotatable bonds is 7. The van der Waals surface area contributed by atoms with Crippen LogP contribution in [0, 0.1) is 18.2 Å². The van der Waals surface area contributed by atoms with Gasteiger partial charge in [0.05, 0.1) is 28.6 Å². The number of benzene rings is 1. The number of aryl methyl sites for hydroxylation is 2. The molecule has 0 aliphatic heterocycles. The van der Waals surface area contributed by atoms with E-state index < -0.39 is 33.1 Å². The van der Waals surface area contributed by atoms with Gasteiger partial charge in [0, 0.05) is 25.3 Å². The number of allylic oxidation sites excluding steroid dienone is 1. The van der Waals surface area contributed by atoms with Crippen LogP contribution in [0.1, 0.15) is 66.3 Å². The van der Waals surface area contributed by atoms with E-state index >= 15 is 0 Å². The van der Waals surface area contributed by atoms with E-state index in [9.17, 15) is 22.7 Å². The summed E-state index contributed by atoms with van der Waals surface area (Å²) in [6.07, 6.45) is 8.67. The Morgan fingerprint density at radius 1 is 1.11 bits per heavy atom. The maximum Gasteiger partial charge on any atom is 0.282 e. The van der Waals surface area contributed by atoms with Crippen molar-refractivity contribution in [2.24, 2.45) is 12.5 Å². The van der Waals surface area contributed by atoms with E-state index in [4.69, 9.17) is 0 Å². The second-order valence-corrected chi connectivity index (χ2v) is 14.6. The SMILES string of the molecule is Cc1ccnc(C(=O)[C@]23Cc4cnn(-c5ccc(F)cc5)c4C=C2CC[C@H](N(C2CC(C)(O)C2)S(=O)(=O)c2ncn(C)n2)C3)c1.